The van der Waals surface area contributed by atoms with Crippen molar-refractivity contribution in [1.29, 1.82) is 0 Å². The van der Waals surface area contributed by atoms with Crippen LogP contribution in [0.25, 0.3) is 28.0 Å². The van der Waals surface area contributed by atoms with Gasteiger partial charge in [-0.15, -0.1) is 0 Å². The molecule has 3 amide bonds. The van der Waals surface area contributed by atoms with Gasteiger partial charge in [0.25, 0.3) is 0 Å². The van der Waals surface area contributed by atoms with E-state index >= 15 is 0 Å². The Kier molecular flexibility index (Phi) is 11.3. The number of alkyl carbamates (subject to hydrolysis) is 1. The number of benzene rings is 2. The minimum Gasteiger partial charge on any atom is -0.453 e. The van der Waals surface area contributed by atoms with Crippen LogP contribution in [0.2, 0.25) is 0 Å². The molecule has 2 aliphatic heterocycles. The first-order valence-corrected chi connectivity index (χ1v) is 21.0. The molecule has 2 unspecified atom stereocenters. The SMILES string of the molecule is COC(=O)N[C@H](C(=O)N1CCC[C@H]1c1ncc(-c2ccc(-c3ccc(C4=CN=C([C@@H]5C6CCC(C6)[C@H]5C(=O)NCc5ccc(C(C)C)nc5)C4)cc3)cc2)[nH]1)C(C)C. The number of fused-ring (bicyclic) bond motifs is 2. The van der Waals surface area contributed by atoms with Gasteiger partial charge in [0, 0.05) is 55.1 Å². The van der Waals surface area contributed by atoms with E-state index in [2.05, 4.69) is 95.1 Å². The predicted octanol–water partition coefficient (Wildman–Crippen LogP) is 8.47. The molecule has 3 N–H and O–H groups in total. The number of H-pyrrole nitrogens is 1. The van der Waals surface area contributed by atoms with E-state index < -0.39 is 12.1 Å². The van der Waals surface area contributed by atoms with Crippen molar-refractivity contribution in [3.8, 4) is 22.4 Å². The van der Waals surface area contributed by atoms with Gasteiger partial charge in [0.2, 0.25) is 11.8 Å². The first-order chi connectivity index (χ1) is 28.1. The molecule has 8 rings (SSSR count). The fourth-order valence-corrected chi connectivity index (χ4v) is 9.73. The Bertz CT molecular complexity index is 2190. The molecule has 2 saturated carbocycles. The highest BCUT2D eigenvalue weighted by molar-refractivity contribution is 6.02. The second-order valence-corrected chi connectivity index (χ2v) is 17.2. The Morgan fingerprint density at radius 3 is 2.24 bits per heavy atom. The van der Waals surface area contributed by atoms with E-state index in [1.165, 1.54) is 19.1 Å². The third kappa shape index (κ3) is 7.95. The summed E-state index contributed by atoms with van der Waals surface area (Å²) in [5.41, 5.74) is 9.74. The van der Waals surface area contributed by atoms with E-state index in [-0.39, 0.29) is 35.6 Å². The van der Waals surface area contributed by atoms with Crippen molar-refractivity contribution in [2.24, 2.45) is 34.6 Å². The first kappa shape index (κ1) is 39.3. The molecule has 6 atom stereocenters. The number of carbonyl (C=O) groups is 3. The maximum absolute atomic E-state index is 13.7. The number of likely N-dealkylation sites (tertiary alicyclic amines) is 1. The van der Waals surface area contributed by atoms with Crippen LogP contribution < -0.4 is 10.6 Å². The monoisotopic (exact) mass is 781 g/mol. The summed E-state index contributed by atoms with van der Waals surface area (Å²) in [6, 6.07) is 20.4. The standard InChI is InChI=1S/C47H55N7O4/c1-27(2)37-19-8-29(23-48-37)24-51-45(55)42-35-18-17-34(21-35)41(42)38-22-36(25-49-38)32-11-9-30(10-12-32)31-13-15-33(16-14-31)39-26-50-44(52-39)40-7-6-20-54(40)46(56)43(28(3)4)53-47(57)58-5/h8-16,19,23,25-28,34-35,40-43H,6-7,17-18,20-22,24H2,1-5H3,(H,50,52)(H,51,55)(H,53,57)/t34?,35?,40-,41-,42+,43-/m0/s1. The van der Waals surface area contributed by atoms with Crippen LogP contribution in [0.4, 0.5) is 4.79 Å². The summed E-state index contributed by atoms with van der Waals surface area (Å²) in [5.74, 6) is 2.20. The van der Waals surface area contributed by atoms with Crippen molar-refractivity contribution in [3.63, 3.8) is 0 Å². The number of rotatable bonds is 12. The van der Waals surface area contributed by atoms with Gasteiger partial charge < -0.3 is 25.3 Å². The number of nitrogens with zero attached hydrogens (tertiary/aromatic N) is 4. The normalized spacial score (nSPS) is 22.9. The lowest BCUT2D eigenvalue weighted by Gasteiger charge is -2.30. The lowest BCUT2D eigenvalue weighted by atomic mass is 9.75. The molecule has 4 aromatic rings. The maximum atomic E-state index is 13.7. The number of carbonyl (C=O) groups excluding carboxylic acids is 3. The van der Waals surface area contributed by atoms with Gasteiger partial charge in [0.15, 0.2) is 0 Å². The number of allylic oxidation sites excluding steroid dienone is 1. The number of methoxy groups -OCH3 is 1. The zero-order valence-corrected chi connectivity index (χ0v) is 34.2. The third-order valence-electron chi connectivity index (χ3n) is 12.9. The van der Waals surface area contributed by atoms with Crippen molar-refractivity contribution < 1.29 is 19.1 Å². The van der Waals surface area contributed by atoms with Gasteiger partial charge in [-0.1, -0.05) is 82.3 Å². The summed E-state index contributed by atoms with van der Waals surface area (Å²) in [4.78, 5) is 58.8. The smallest absolute Gasteiger partial charge is 0.407 e. The average molecular weight is 782 g/mol. The van der Waals surface area contributed by atoms with Crippen LogP contribution in [0, 0.1) is 29.6 Å². The molecule has 4 aliphatic rings. The molecule has 3 fully saturated rings. The van der Waals surface area contributed by atoms with Crippen molar-refractivity contribution >= 4 is 29.2 Å². The van der Waals surface area contributed by atoms with Crippen LogP contribution in [0.15, 0.2) is 84.2 Å². The zero-order valence-electron chi connectivity index (χ0n) is 34.2. The molecule has 11 nitrogen and oxygen atoms in total. The largest absolute Gasteiger partial charge is 0.453 e. The van der Waals surface area contributed by atoms with Crippen molar-refractivity contribution in [2.45, 2.75) is 90.8 Å². The molecule has 0 spiro atoms. The molecule has 0 radical (unpaired) electrons. The van der Waals surface area contributed by atoms with Crippen LogP contribution in [0.5, 0.6) is 0 Å². The summed E-state index contributed by atoms with van der Waals surface area (Å²) < 4.78 is 4.77. The first-order valence-electron chi connectivity index (χ1n) is 21.0. The molecule has 1 saturated heterocycles. The van der Waals surface area contributed by atoms with Crippen LogP contribution >= 0.6 is 0 Å². The molecule has 2 aromatic heterocycles. The molecule has 4 heterocycles. The molecule has 2 aromatic carbocycles. The Morgan fingerprint density at radius 2 is 1.57 bits per heavy atom. The number of imidazole rings is 1. The minimum absolute atomic E-state index is 0.0206. The lowest BCUT2D eigenvalue weighted by molar-refractivity contribution is -0.135. The Morgan fingerprint density at radius 1 is 0.862 bits per heavy atom. The number of hydrogen-bond donors (Lipinski definition) is 3. The van der Waals surface area contributed by atoms with Gasteiger partial charge in [-0.05, 0) is 95.2 Å². The quantitative estimate of drug-likeness (QED) is 0.132. The maximum Gasteiger partial charge on any atom is 0.407 e. The second-order valence-electron chi connectivity index (χ2n) is 17.2. The van der Waals surface area contributed by atoms with Gasteiger partial charge in [-0.25, -0.2) is 9.78 Å². The average Bonchev–Trinajstić information content (AvgIpc) is 4.10. The zero-order chi connectivity index (χ0) is 40.5. The topological polar surface area (TPSA) is 142 Å². The Labute approximate surface area is 341 Å². The lowest BCUT2D eigenvalue weighted by Crippen LogP contribution is -2.51. The number of aromatic amines is 1. The van der Waals surface area contributed by atoms with Crippen LogP contribution in [0.3, 0.4) is 0 Å². The molecule has 302 valence electrons. The highest BCUT2D eigenvalue weighted by Gasteiger charge is 2.52. The summed E-state index contributed by atoms with van der Waals surface area (Å²) >= 11 is 0. The number of hydrogen-bond acceptors (Lipinski definition) is 7. The van der Waals surface area contributed by atoms with Gasteiger partial charge >= 0.3 is 6.09 Å². The predicted molar refractivity (Wildman–Crippen MR) is 225 cm³/mol. The fraction of sp³-hybridized carbons (Fsp3) is 0.447. The summed E-state index contributed by atoms with van der Waals surface area (Å²) in [6.45, 7) is 9.21. The van der Waals surface area contributed by atoms with Crippen LogP contribution in [-0.2, 0) is 20.9 Å². The number of pyridine rings is 1. The summed E-state index contributed by atoms with van der Waals surface area (Å²) in [6.07, 6.45) is 11.0. The van der Waals surface area contributed by atoms with Crippen LogP contribution in [0.1, 0.15) is 101 Å². The Hall–Kier alpha value is -5.58. The van der Waals surface area contributed by atoms with Crippen molar-refractivity contribution in [1.82, 2.24) is 30.5 Å². The summed E-state index contributed by atoms with van der Waals surface area (Å²) in [7, 11) is 1.30. The van der Waals surface area contributed by atoms with Gasteiger partial charge in [0.05, 0.1) is 25.0 Å². The third-order valence-corrected chi connectivity index (χ3v) is 12.9. The van der Waals surface area contributed by atoms with Gasteiger partial charge in [-0.2, -0.15) is 0 Å². The van der Waals surface area contributed by atoms with E-state index in [4.69, 9.17) is 14.7 Å². The number of aromatic nitrogens is 3. The highest BCUT2D eigenvalue weighted by Crippen LogP contribution is 2.54. The second kappa shape index (κ2) is 16.7. The number of amides is 3. The summed E-state index contributed by atoms with van der Waals surface area (Å²) in [5, 5.41) is 5.96. The minimum atomic E-state index is -0.674. The number of aliphatic imine (C=N–C) groups is 1. The Balaban J connectivity index is 0.878. The highest BCUT2D eigenvalue weighted by atomic mass is 16.5. The van der Waals surface area contributed by atoms with E-state index in [0.29, 0.717) is 30.8 Å². The fourth-order valence-electron chi connectivity index (χ4n) is 9.73. The van der Waals surface area contributed by atoms with E-state index in [1.807, 2.05) is 37.3 Å². The molecular formula is C47H55N7O4. The molecular weight excluding hydrogens is 727 g/mol. The molecule has 11 heteroatoms. The van der Waals surface area contributed by atoms with Crippen molar-refractivity contribution in [3.05, 3.63) is 102 Å². The molecule has 2 bridgehead atoms. The molecule has 2 aliphatic carbocycles. The van der Waals surface area contributed by atoms with E-state index in [0.717, 1.165) is 82.8 Å². The number of nitrogens with one attached hydrogen (secondary N) is 3. The van der Waals surface area contributed by atoms with E-state index in [9.17, 15) is 14.4 Å². The van der Waals surface area contributed by atoms with Gasteiger partial charge in [0.1, 0.15) is 11.9 Å². The van der Waals surface area contributed by atoms with Crippen molar-refractivity contribution in [2.75, 3.05) is 13.7 Å². The van der Waals surface area contributed by atoms with Crippen LogP contribution in [-0.4, -0.2) is 63.2 Å². The van der Waals surface area contributed by atoms with E-state index in [1.54, 1.807) is 0 Å². The number of ether oxygens (including phenoxy) is 1. The molecule has 58 heavy (non-hydrogen) atoms. The van der Waals surface area contributed by atoms with Gasteiger partial charge in [-0.3, -0.25) is 19.6 Å².